The third-order valence-corrected chi connectivity index (χ3v) is 3.74. The fraction of sp³-hybridized carbons (Fsp3) is 0.133. The van der Waals surface area contributed by atoms with E-state index in [9.17, 15) is 4.79 Å². The molecule has 0 spiro atoms. The van der Waals surface area contributed by atoms with Gasteiger partial charge in [0.15, 0.2) is 5.76 Å². The van der Waals surface area contributed by atoms with Crippen molar-refractivity contribution in [2.45, 2.75) is 17.6 Å². The van der Waals surface area contributed by atoms with Gasteiger partial charge in [-0.05, 0) is 36.4 Å². The van der Waals surface area contributed by atoms with Crippen molar-refractivity contribution in [3.05, 3.63) is 48.6 Å². The highest BCUT2D eigenvalue weighted by atomic mass is 32.2. The van der Waals surface area contributed by atoms with Crippen molar-refractivity contribution in [2.24, 2.45) is 0 Å². The highest BCUT2D eigenvalue weighted by Crippen LogP contribution is 2.25. The lowest BCUT2D eigenvalue weighted by molar-refractivity contribution is -0.114. The van der Waals surface area contributed by atoms with E-state index in [1.54, 1.807) is 30.2 Å². The predicted molar refractivity (Wildman–Crippen MR) is 82.3 cm³/mol. The first-order chi connectivity index (χ1) is 10.7. The molecule has 0 aliphatic rings. The summed E-state index contributed by atoms with van der Waals surface area (Å²) in [5.41, 5.74) is 0.773. The molecule has 2 aromatic heterocycles. The predicted octanol–water partition coefficient (Wildman–Crippen LogP) is 3.58. The molecule has 0 saturated heterocycles. The van der Waals surface area contributed by atoms with Crippen LogP contribution in [-0.4, -0.2) is 16.0 Å². The van der Waals surface area contributed by atoms with E-state index in [2.05, 4.69) is 15.5 Å². The molecule has 7 heteroatoms. The molecule has 0 aliphatic carbocycles. The van der Waals surface area contributed by atoms with Crippen LogP contribution in [0.4, 0.5) is 5.69 Å². The number of thioether (sulfide) groups is 1. The molecule has 1 N–H and O–H groups in total. The third kappa shape index (κ3) is 3.56. The Morgan fingerprint density at radius 3 is 2.77 bits per heavy atom. The lowest BCUT2D eigenvalue weighted by Crippen LogP contribution is -2.05. The Balaban J connectivity index is 1.59. The summed E-state index contributed by atoms with van der Waals surface area (Å²) in [6.07, 6.45) is 1.57. The van der Waals surface area contributed by atoms with Crippen LogP contribution >= 0.6 is 11.8 Å². The summed E-state index contributed by atoms with van der Waals surface area (Å²) < 4.78 is 10.4. The Hall–Kier alpha value is -2.54. The van der Waals surface area contributed by atoms with Crippen LogP contribution in [0.3, 0.4) is 0 Å². The van der Waals surface area contributed by atoms with Crippen molar-refractivity contribution in [2.75, 3.05) is 5.32 Å². The number of amides is 1. The molecule has 3 rings (SSSR count). The molecule has 0 saturated carbocycles. The number of anilines is 1. The van der Waals surface area contributed by atoms with Gasteiger partial charge in [0.2, 0.25) is 17.6 Å². The molecule has 1 amide bonds. The number of hydrogen-bond donors (Lipinski definition) is 1. The van der Waals surface area contributed by atoms with Crippen LogP contribution in [-0.2, 0) is 10.5 Å². The molecule has 0 unspecified atom stereocenters. The fourth-order valence-electron chi connectivity index (χ4n) is 1.80. The highest BCUT2D eigenvalue weighted by Gasteiger charge is 2.10. The SMILES string of the molecule is CC(=O)Nc1ccc(SCc2nc(-c3ccco3)no2)cc1. The second-order valence-corrected chi connectivity index (χ2v) is 5.53. The summed E-state index contributed by atoms with van der Waals surface area (Å²) in [4.78, 5) is 16.3. The Labute approximate surface area is 130 Å². The largest absolute Gasteiger partial charge is 0.461 e. The zero-order valence-electron chi connectivity index (χ0n) is 11.8. The maximum atomic E-state index is 11.0. The number of benzene rings is 1. The zero-order valence-corrected chi connectivity index (χ0v) is 12.6. The first-order valence-electron chi connectivity index (χ1n) is 6.57. The van der Waals surface area contributed by atoms with Gasteiger partial charge in [0.1, 0.15) is 0 Å². The topological polar surface area (TPSA) is 81.2 Å². The molecule has 0 fully saturated rings. The minimum atomic E-state index is -0.0864. The van der Waals surface area contributed by atoms with Gasteiger partial charge in [0, 0.05) is 17.5 Å². The monoisotopic (exact) mass is 315 g/mol. The maximum Gasteiger partial charge on any atom is 0.238 e. The van der Waals surface area contributed by atoms with Crippen LogP contribution in [0.25, 0.3) is 11.6 Å². The molecule has 3 aromatic rings. The van der Waals surface area contributed by atoms with E-state index < -0.39 is 0 Å². The maximum absolute atomic E-state index is 11.0. The van der Waals surface area contributed by atoms with Crippen molar-refractivity contribution in [1.82, 2.24) is 10.1 Å². The van der Waals surface area contributed by atoms with E-state index >= 15 is 0 Å². The van der Waals surface area contributed by atoms with Gasteiger partial charge >= 0.3 is 0 Å². The summed E-state index contributed by atoms with van der Waals surface area (Å²) in [6.45, 7) is 1.48. The van der Waals surface area contributed by atoms with Crippen molar-refractivity contribution >= 4 is 23.4 Å². The highest BCUT2D eigenvalue weighted by molar-refractivity contribution is 7.98. The average Bonchev–Trinajstić information content (AvgIpc) is 3.17. The van der Waals surface area contributed by atoms with Crippen LogP contribution < -0.4 is 5.32 Å². The van der Waals surface area contributed by atoms with Gasteiger partial charge in [-0.3, -0.25) is 4.79 Å². The van der Waals surface area contributed by atoms with Gasteiger partial charge in [0.25, 0.3) is 0 Å². The number of nitrogens with zero attached hydrogens (tertiary/aromatic N) is 2. The molecule has 1 aromatic carbocycles. The average molecular weight is 315 g/mol. The van der Waals surface area contributed by atoms with Gasteiger partial charge < -0.3 is 14.3 Å². The van der Waals surface area contributed by atoms with Gasteiger partial charge in [0.05, 0.1) is 12.0 Å². The summed E-state index contributed by atoms with van der Waals surface area (Å²) in [7, 11) is 0. The van der Waals surface area contributed by atoms with E-state index in [1.807, 2.05) is 24.3 Å². The van der Waals surface area contributed by atoms with Crippen molar-refractivity contribution in [1.29, 1.82) is 0 Å². The minimum Gasteiger partial charge on any atom is -0.461 e. The molecular weight excluding hydrogens is 302 g/mol. The van der Waals surface area contributed by atoms with Crippen molar-refractivity contribution in [3.63, 3.8) is 0 Å². The molecular formula is C15H13N3O3S. The lowest BCUT2D eigenvalue weighted by Gasteiger charge is -2.03. The summed E-state index contributed by atoms with van der Waals surface area (Å²) in [6, 6.07) is 11.1. The number of nitrogens with one attached hydrogen (secondary N) is 1. The summed E-state index contributed by atoms with van der Waals surface area (Å²) in [5, 5.41) is 6.60. The summed E-state index contributed by atoms with van der Waals surface area (Å²) >= 11 is 1.57. The number of hydrogen-bond acceptors (Lipinski definition) is 6. The molecule has 6 nitrogen and oxygen atoms in total. The minimum absolute atomic E-state index is 0.0864. The standard InChI is InChI=1S/C15H13N3O3S/c1-10(19)16-11-4-6-12(7-5-11)22-9-14-17-15(18-21-14)13-3-2-8-20-13/h2-8H,9H2,1H3,(H,16,19). The lowest BCUT2D eigenvalue weighted by atomic mass is 10.3. The number of carbonyl (C=O) groups is 1. The van der Waals surface area contributed by atoms with Gasteiger partial charge in [-0.1, -0.05) is 5.16 Å². The van der Waals surface area contributed by atoms with Gasteiger partial charge in [-0.25, -0.2) is 0 Å². The molecule has 0 radical (unpaired) electrons. The zero-order chi connectivity index (χ0) is 15.4. The second kappa shape index (κ2) is 6.48. The molecule has 2 heterocycles. The molecule has 0 aliphatic heterocycles. The van der Waals surface area contributed by atoms with Gasteiger partial charge in [-0.2, -0.15) is 4.98 Å². The van der Waals surface area contributed by atoms with E-state index in [4.69, 9.17) is 8.94 Å². The van der Waals surface area contributed by atoms with Gasteiger partial charge in [-0.15, -0.1) is 11.8 Å². The van der Waals surface area contributed by atoms with E-state index in [1.165, 1.54) is 6.92 Å². The van der Waals surface area contributed by atoms with Crippen LogP contribution in [0.15, 0.2) is 56.5 Å². The number of rotatable bonds is 5. The normalized spacial score (nSPS) is 10.6. The Morgan fingerprint density at radius 1 is 1.27 bits per heavy atom. The second-order valence-electron chi connectivity index (χ2n) is 4.48. The number of furan rings is 1. The van der Waals surface area contributed by atoms with Crippen LogP contribution in [0.5, 0.6) is 0 Å². The van der Waals surface area contributed by atoms with E-state index in [0.717, 1.165) is 10.6 Å². The Kier molecular flexibility index (Phi) is 4.24. The number of aromatic nitrogens is 2. The first kappa shape index (κ1) is 14.4. The van der Waals surface area contributed by atoms with Crippen molar-refractivity contribution < 1.29 is 13.7 Å². The first-order valence-corrected chi connectivity index (χ1v) is 7.56. The van der Waals surface area contributed by atoms with Crippen LogP contribution in [0, 0.1) is 0 Å². The molecule has 0 bridgehead atoms. The Bertz CT molecular complexity index is 751. The fourth-order valence-corrected chi connectivity index (χ4v) is 2.54. The molecule has 22 heavy (non-hydrogen) atoms. The van der Waals surface area contributed by atoms with Crippen LogP contribution in [0.1, 0.15) is 12.8 Å². The van der Waals surface area contributed by atoms with Crippen LogP contribution in [0.2, 0.25) is 0 Å². The number of carbonyl (C=O) groups excluding carboxylic acids is 1. The summed E-state index contributed by atoms with van der Waals surface area (Å²) in [5.74, 6) is 2.04. The molecule has 112 valence electrons. The smallest absolute Gasteiger partial charge is 0.238 e. The molecule has 0 atom stereocenters. The quantitative estimate of drug-likeness (QED) is 0.725. The van der Waals surface area contributed by atoms with E-state index in [0.29, 0.717) is 23.2 Å². The van der Waals surface area contributed by atoms with Crippen molar-refractivity contribution in [3.8, 4) is 11.6 Å². The Morgan fingerprint density at radius 2 is 2.09 bits per heavy atom. The third-order valence-electron chi connectivity index (χ3n) is 2.75. The van der Waals surface area contributed by atoms with E-state index in [-0.39, 0.29) is 5.91 Å².